The van der Waals surface area contributed by atoms with Gasteiger partial charge in [-0.25, -0.2) is 9.97 Å². The summed E-state index contributed by atoms with van der Waals surface area (Å²) in [6.07, 6.45) is 0. The summed E-state index contributed by atoms with van der Waals surface area (Å²) < 4.78 is 7.13. The summed E-state index contributed by atoms with van der Waals surface area (Å²) in [5, 5.41) is 17.2. The molecule has 0 radical (unpaired) electrons. The summed E-state index contributed by atoms with van der Waals surface area (Å²) in [7, 11) is 0. The predicted octanol–water partition coefficient (Wildman–Crippen LogP) is 18.0. The molecule has 0 amide bonds. The number of nitrogens with zero attached hydrogens (tertiary/aromatic N) is 6. The number of fused-ring (bicyclic) bond motifs is 9. The van der Waals surface area contributed by atoms with Crippen molar-refractivity contribution in [3.8, 4) is 79.3 Å². The quantitative estimate of drug-likeness (QED) is 0.152. The SMILES string of the molecule is N#Cc1ccc2c(c1)c1ccccc1n2-c1c(-c2ccc(-n3c4ccccc4c4ccccc43)cc2)cc(-c2nc(-c3ccccc3)cc(-c3ccccc3)n2)cc1-c1ccc(-n2c3ccccc3c3ccccc32)cc1. The van der Waals surface area contributed by atoms with Crippen molar-refractivity contribution in [1.82, 2.24) is 23.7 Å². The van der Waals surface area contributed by atoms with E-state index >= 15 is 0 Å². The number of para-hydroxylation sites is 5. The Labute approximate surface area is 443 Å². The van der Waals surface area contributed by atoms with E-state index in [9.17, 15) is 5.26 Å². The van der Waals surface area contributed by atoms with Crippen LogP contribution in [0.15, 0.2) is 267 Å². The number of hydrogen-bond acceptors (Lipinski definition) is 3. The molecule has 15 rings (SSSR count). The maximum absolute atomic E-state index is 10.2. The second-order valence-electron chi connectivity index (χ2n) is 19.6. The average molecular weight is 981 g/mol. The van der Waals surface area contributed by atoms with Crippen LogP contribution >= 0.6 is 0 Å². The van der Waals surface area contributed by atoms with Gasteiger partial charge in [0.2, 0.25) is 0 Å². The molecule has 15 aromatic rings. The summed E-state index contributed by atoms with van der Waals surface area (Å²) in [4.78, 5) is 10.9. The van der Waals surface area contributed by atoms with E-state index in [0.29, 0.717) is 11.4 Å². The molecule has 0 spiro atoms. The molecule has 0 saturated heterocycles. The van der Waals surface area contributed by atoms with Gasteiger partial charge in [0.15, 0.2) is 5.82 Å². The summed E-state index contributed by atoms with van der Waals surface area (Å²) in [5.41, 5.74) is 19.0. The van der Waals surface area contributed by atoms with Crippen LogP contribution in [0.1, 0.15) is 5.56 Å². The molecule has 0 aliphatic carbocycles. The molecule has 4 aromatic heterocycles. The normalized spacial score (nSPS) is 11.6. The smallest absolute Gasteiger partial charge is 0.160 e. The van der Waals surface area contributed by atoms with E-state index in [1.807, 2.05) is 24.3 Å². The maximum atomic E-state index is 10.2. The molecular weight excluding hydrogens is 937 g/mol. The fourth-order valence-corrected chi connectivity index (χ4v) is 11.8. The molecule has 6 nitrogen and oxygen atoms in total. The molecule has 0 saturated carbocycles. The summed E-state index contributed by atoms with van der Waals surface area (Å²) in [5.74, 6) is 0.615. The largest absolute Gasteiger partial charge is 0.309 e. The van der Waals surface area contributed by atoms with E-state index < -0.39 is 0 Å². The van der Waals surface area contributed by atoms with E-state index in [1.54, 1.807) is 0 Å². The van der Waals surface area contributed by atoms with Gasteiger partial charge in [-0.2, -0.15) is 5.26 Å². The Balaban J connectivity index is 1.03. The second-order valence-corrected chi connectivity index (χ2v) is 19.6. The highest BCUT2D eigenvalue weighted by Crippen LogP contribution is 2.45. The lowest BCUT2D eigenvalue weighted by atomic mass is 9.92. The van der Waals surface area contributed by atoms with Crippen LogP contribution in [0.4, 0.5) is 0 Å². The molecule has 0 unspecified atom stereocenters. The molecule has 4 heterocycles. The van der Waals surface area contributed by atoms with Gasteiger partial charge in [0, 0.05) is 71.5 Å². The van der Waals surface area contributed by atoms with Crippen molar-refractivity contribution in [2.24, 2.45) is 0 Å². The van der Waals surface area contributed by atoms with Crippen LogP contribution in [-0.2, 0) is 0 Å². The Morgan fingerprint density at radius 3 is 1.06 bits per heavy atom. The third-order valence-corrected chi connectivity index (χ3v) is 15.3. The minimum Gasteiger partial charge on any atom is -0.309 e. The third kappa shape index (κ3) is 7.17. The number of nitriles is 1. The zero-order valence-corrected chi connectivity index (χ0v) is 41.6. The van der Waals surface area contributed by atoms with Gasteiger partial charge in [0.25, 0.3) is 0 Å². The highest BCUT2D eigenvalue weighted by molar-refractivity contribution is 6.12. The first-order valence-corrected chi connectivity index (χ1v) is 26.0. The Morgan fingerprint density at radius 1 is 0.286 bits per heavy atom. The number of rotatable bonds is 8. The van der Waals surface area contributed by atoms with Crippen molar-refractivity contribution >= 4 is 65.4 Å². The molecule has 0 aliphatic heterocycles. The second kappa shape index (κ2) is 17.8. The van der Waals surface area contributed by atoms with Crippen molar-refractivity contribution in [1.29, 1.82) is 5.26 Å². The highest BCUT2D eigenvalue weighted by Gasteiger charge is 2.24. The molecule has 0 bridgehead atoms. The topological polar surface area (TPSA) is 64.4 Å². The van der Waals surface area contributed by atoms with Crippen LogP contribution in [0, 0.1) is 11.3 Å². The first-order chi connectivity index (χ1) is 38.1. The summed E-state index contributed by atoms with van der Waals surface area (Å²) in [6, 6.07) is 97.0. The number of hydrogen-bond donors (Lipinski definition) is 0. The molecule has 0 fully saturated rings. The van der Waals surface area contributed by atoms with Crippen LogP contribution in [0.5, 0.6) is 0 Å². The number of aromatic nitrogens is 5. The van der Waals surface area contributed by atoms with Crippen LogP contribution in [-0.4, -0.2) is 23.7 Å². The van der Waals surface area contributed by atoms with E-state index in [-0.39, 0.29) is 0 Å². The van der Waals surface area contributed by atoms with Crippen molar-refractivity contribution < 1.29 is 0 Å². The fraction of sp³-hybridized carbons (Fsp3) is 0. The summed E-state index contributed by atoms with van der Waals surface area (Å²) >= 11 is 0. The fourth-order valence-electron chi connectivity index (χ4n) is 11.8. The first kappa shape index (κ1) is 43.9. The van der Waals surface area contributed by atoms with Crippen LogP contribution in [0.25, 0.3) is 139 Å². The van der Waals surface area contributed by atoms with Crippen molar-refractivity contribution in [2.45, 2.75) is 0 Å². The molecule has 11 aromatic carbocycles. The van der Waals surface area contributed by atoms with Crippen molar-refractivity contribution in [2.75, 3.05) is 0 Å². The lowest BCUT2D eigenvalue weighted by Crippen LogP contribution is -2.03. The molecule has 0 atom stereocenters. The minimum atomic E-state index is 0.613. The van der Waals surface area contributed by atoms with E-state index in [0.717, 1.165) is 111 Å². The van der Waals surface area contributed by atoms with Gasteiger partial charge in [-0.1, -0.05) is 176 Å². The number of benzene rings is 11. The van der Waals surface area contributed by atoms with Crippen LogP contribution < -0.4 is 0 Å². The zero-order chi connectivity index (χ0) is 51.0. The van der Waals surface area contributed by atoms with Gasteiger partial charge in [0.05, 0.1) is 61.8 Å². The minimum absolute atomic E-state index is 0.613. The molecular formula is C71H44N6. The Kier molecular flexibility index (Phi) is 10.2. The molecule has 358 valence electrons. The zero-order valence-electron chi connectivity index (χ0n) is 41.6. The molecule has 6 heteroatoms. The van der Waals surface area contributed by atoms with Gasteiger partial charge < -0.3 is 13.7 Å². The van der Waals surface area contributed by atoms with Crippen LogP contribution in [0.2, 0.25) is 0 Å². The standard InChI is InChI=1S/C71H44N6/c72-45-46-31-40-69-61(41-46)58-25-11-16-30-68(58)77(69)70-59(47-32-36-52(37-33-47)75-64-26-12-7-21-54(64)55-22-8-13-27-65(55)75)42-51(71-73-62(49-17-3-1-4-18-49)44-63(74-71)50-19-5-2-6-20-50)43-60(70)48-34-38-53(39-35-48)76-66-28-14-9-23-56(66)57-24-10-15-29-67(57)76/h1-44H. The highest BCUT2D eigenvalue weighted by atomic mass is 15.0. The molecule has 0 aliphatic rings. The lowest BCUT2D eigenvalue weighted by Gasteiger charge is -2.22. The van der Waals surface area contributed by atoms with Gasteiger partial charge in [-0.05, 0) is 102 Å². The van der Waals surface area contributed by atoms with E-state index in [1.165, 1.54) is 21.5 Å². The van der Waals surface area contributed by atoms with Gasteiger partial charge in [-0.3, -0.25) is 0 Å². The predicted molar refractivity (Wildman–Crippen MR) is 317 cm³/mol. The molecule has 0 N–H and O–H groups in total. The lowest BCUT2D eigenvalue weighted by molar-refractivity contribution is 1.16. The Bertz CT molecular complexity index is 4500. The van der Waals surface area contributed by atoms with Crippen molar-refractivity contribution in [3.05, 3.63) is 272 Å². The van der Waals surface area contributed by atoms with Gasteiger partial charge in [0.1, 0.15) is 0 Å². The molecule has 77 heavy (non-hydrogen) atoms. The van der Waals surface area contributed by atoms with Crippen LogP contribution in [0.3, 0.4) is 0 Å². The Hall–Kier alpha value is -10.6. The van der Waals surface area contributed by atoms with Gasteiger partial charge in [-0.15, -0.1) is 0 Å². The van der Waals surface area contributed by atoms with E-state index in [4.69, 9.17) is 9.97 Å². The summed E-state index contributed by atoms with van der Waals surface area (Å²) in [6.45, 7) is 0. The van der Waals surface area contributed by atoms with Gasteiger partial charge >= 0.3 is 0 Å². The maximum Gasteiger partial charge on any atom is 0.160 e. The third-order valence-electron chi connectivity index (χ3n) is 15.3. The van der Waals surface area contributed by atoms with Crippen molar-refractivity contribution in [3.63, 3.8) is 0 Å². The monoisotopic (exact) mass is 980 g/mol. The Morgan fingerprint density at radius 2 is 0.649 bits per heavy atom. The average Bonchev–Trinajstić information content (AvgIpc) is 4.26. The first-order valence-electron chi connectivity index (χ1n) is 26.0. The van der Waals surface area contributed by atoms with E-state index in [2.05, 4.69) is 262 Å².